The van der Waals surface area contributed by atoms with Crippen LogP contribution in [-0.4, -0.2) is 26.1 Å². The van der Waals surface area contributed by atoms with Gasteiger partial charge in [0.2, 0.25) is 0 Å². The van der Waals surface area contributed by atoms with Gasteiger partial charge in [-0.1, -0.05) is 0 Å². The molecular weight excluding hydrogens is 190 g/mol. The number of nitrogens with zero attached hydrogens (tertiary/aromatic N) is 4. The van der Waals surface area contributed by atoms with Gasteiger partial charge >= 0.3 is 0 Å². The number of hydrogen-bond donors (Lipinski definition) is 1. The highest BCUT2D eigenvalue weighted by atomic mass is 15.3. The van der Waals surface area contributed by atoms with Crippen molar-refractivity contribution in [3.63, 3.8) is 0 Å². The molecule has 0 spiro atoms. The molecule has 0 atom stereocenters. The van der Waals surface area contributed by atoms with Gasteiger partial charge in [-0.05, 0) is 25.3 Å². The van der Waals surface area contributed by atoms with Crippen LogP contribution in [0.5, 0.6) is 0 Å². The van der Waals surface area contributed by atoms with E-state index in [0.29, 0.717) is 0 Å². The Morgan fingerprint density at radius 1 is 1.40 bits per heavy atom. The average molecular weight is 203 g/mol. The Balaban J connectivity index is 1.72. The molecule has 1 aliphatic rings. The molecule has 2 heterocycles. The first-order chi connectivity index (χ1) is 7.43. The molecule has 0 aliphatic heterocycles. The van der Waals surface area contributed by atoms with Crippen LogP contribution in [0.15, 0.2) is 18.6 Å². The van der Waals surface area contributed by atoms with Gasteiger partial charge in [0, 0.05) is 12.4 Å². The fourth-order valence-corrected chi connectivity index (χ4v) is 1.63. The van der Waals surface area contributed by atoms with Gasteiger partial charge < -0.3 is 5.32 Å². The molecule has 3 rings (SSSR count). The minimum Gasteiger partial charge on any atom is -0.310 e. The predicted octanol–water partition coefficient (Wildman–Crippen LogP) is 0.624. The van der Waals surface area contributed by atoms with Crippen LogP contribution in [0.25, 0.3) is 5.65 Å². The SMILES string of the molecule is c1cn2c(CNCC3CC3)nnc2cn1. The second-order valence-electron chi connectivity index (χ2n) is 4.00. The van der Waals surface area contributed by atoms with Crippen LogP contribution in [0.3, 0.4) is 0 Å². The van der Waals surface area contributed by atoms with E-state index in [4.69, 9.17) is 0 Å². The first-order valence-electron chi connectivity index (χ1n) is 5.28. The molecule has 1 fully saturated rings. The third-order valence-electron chi connectivity index (χ3n) is 2.70. The van der Waals surface area contributed by atoms with Crippen molar-refractivity contribution >= 4 is 5.65 Å². The summed E-state index contributed by atoms with van der Waals surface area (Å²) < 4.78 is 1.97. The average Bonchev–Trinajstić information content (AvgIpc) is 3.00. The Labute approximate surface area is 87.5 Å². The number of hydrogen-bond acceptors (Lipinski definition) is 4. The molecular formula is C10H13N5. The summed E-state index contributed by atoms with van der Waals surface area (Å²) in [5.74, 6) is 1.85. The molecule has 5 nitrogen and oxygen atoms in total. The molecule has 0 unspecified atom stereocenters. The summed E-state index contributed by atoms with van der Waals surface area (Å²) in [6.45, 7) is 1.88. The van der Waals surface area contributed by atoms with Crippen molar-refractivity contribution in [1.29, 1.82) is 0 Å². The highest BCUT2D eigenvalue weighted by Crippen LogP contribution is 2.27. The molecule has 1 saturated carbocycles. The van der Waals surface area contributed by atoms with Crippen LogP contribution in [-0.2, 0) is 6.54 Å². The maximum atomic E-state index is 4.12. The maximum Gasteiger partial charge on any atom is 0.179 e. The third-order valence-corrected chi connectivity index (χ3v) is 2.70. The van der Waals surface area contributed by atoms with Crippen molar-refractivity contribution in [3.05, 3.63) is 24.4 Å². The second kappa shape index (κ2) is 3.58. The zero-order chi connectivity index (χ0) is 10.1. The van der Waals surface area contributed by atoms with Gasteiger partial charge in [0.15, 0.2) is 11.5 Å². The van der Waals surface area contributed by atoms with Crippen molar-refractivity contribution in [3.8, 4) is 0 Å². The molecule has 0 saturated heterocycles. The Hall–Kier alpha value is -1.49. The lowest BCUT2D eigenvalue weighted by atomic mass is 10.4. The molecule has 0 amide bonds. The number of nitrogens with one attached hydrogen (secondary N) is 1. The lowest BCUT2D eigenvalue weighted by molar-refractivity contribution is 0.615. The summed E-state index contributed by atoms with van der Waals surface area (Å²) >= 11 is 0. The standard InChI is InChI=1S/C10H13N5/c1-2-8(1)5-12-7-10-14-13-9-6-11-3-4-15(9)10/h3-4,6,8,12H,1-2,5,7H2. The van der Waals surface area contributed by atoms with Crippen LogP contribution in [0.4, 0.5) is 0 Å². The minimum absolute atomic E-state index is 0.779. The van der Waals surface area contributed by atoms with Crippen molar-refractivity contribution < 1.29 is 0 Å². The van der Waals surface area contributed by atoms with Gasteiger partial charge in [-0.3, -0.25) is 9.38 Å². The molecule has 0 radical (unpaired) electrons. The molecule has 0 bridgehead atoms. The number of rotatable bonds is 4. The fraction of sp³-hybridized carbons (Fsp3) is 0.500. The highest BCUT2D eigenvalue weighted by Gasteiger charge is 2.20. The smallest absolute Gasteiger partial charge is 0.179 e. The van der Waals surface area contributed by atoms with Crippen LogP contribution in [0.2, 0.25) is 0 Å². The van der Waals surface area contributed by atoms with E-state index in [9.17, 15) is 0 Å². The van der Waals surface area contributed by atoms with E-state index in [1.54, 1.807) is 12.4 Å². The Bertz CT molecular complexity index is 460. The van der Waals surface area contributed by atoms with E-state index < -0.39 is 0 Å². The first-order valence-corrected chi connectivity index (χ1v) is 5.28. The maximum absolute atomic E-state index is 4.12. The quantitative estimate of drug-likeness (QED) is 0.791. The summed E-state index contributed by atoms with van der Waals surface area (Å²) in [5.41, 5.74) is 0.806. The molecule has 2 aromatic heterocycles. The molecule has 1 aliphatic carbocycles. The largest absolute Gasteiger partial charge is 0.310 e. The Morgan fingerprint density at radius 3 is 3.20 bits per heavy atom. The van der Waals surface area contributed by atoms with Crippen molar-refractivity contribution in [2.24, 2.45) is 5.92 Å². The molecule has 2 aromatic rings. The van der Waals surface area contributed by atoms with Gasteiger partial charge in [-0.15, -0.1) is 10.2 Å². The lowest BCUT2D eigenvalue weighted by Crippen LogP contribution is -2.17. The van der Waals surface area contributed by atoms with Gasteiger partial charge in [0.05, 0.1) is 12.7 Å². The van der Waals surface area contributed by atoms with E-state index in [0.717, 1.165) is 30.5 Å². The van der Waals surface area contributed by atoms with Gasteiger partial charge in [0.1, 0.15) is 0 Å². The highest BCUT2D eigenvalue weighted by molar-refractivity contribution is 5.33. The van der Waals surface area contributed by atoms with E-state index in [2.05, 4.69) is 20.5 Å². The number of fused-ring (bicyclic) bond motifs is 1. The summed E-state index contributed by atoms with van der Waals surface area (Å²) in [4.78, 5) is 4.00. The second-order valence-corrected chi connectivity index (χ2v) is 4.00. The van der Waals surface area contributed by atoms with Crippen LogP contribution in [0, 0.1) is 5.92 Å². The summed E-state index contributed by atoms with van der Waals surface area (Å²) in [6.07, 6.45) is 8.11. The predicted molar refractivity (Wildman–Crippen MR) is 55.2 cm³/mol. The summed E-state index contributed by atoms with van der Waals surface area (Å²) in [6, 6.07) is 0. The van der Waals surface area contributed by atoms with Crippen molar-refractivity contribution in [2.75, 3.05) is 6.54 Å². The first kappa shape index (κ1) is 8.79. The molecule has 15 heavy (non-hydrogen) atoms. The monoisotopic (exact) mass is 203 g/mol. The van der Waals surface area contributed by atoms with Gasteiger partial charge in [0.25, 0.3) is 0 Å². The molecule has 1 N–H and O–H groups in total. The Morgan fingerprint density at radius 2 is 2.33 bits per heavy atom. The number of aromatic nitrogens is 4. The lowest BCUT2D eigenvalue weighted by Gasteiger charge is -2.01. The minimum atomic E-state index is 0.779. The van der Waals surface area contributed by atoms with E-state index in [1.807, 2.05) is 10.6 Å². The normalized spacial score (nSPS) is 16.0. The summed E-state index contributed by atoms with van der Waals surface area (Å²) in [5, 5.41) is 11.6. The summed E-state index contributed by atoms with van der Waals surface area (Å²) in [7, 11) is 0. The van der Waals surface area contributed by atoms with Gasteiger partial charge in [-0.25, -0.2) is 0 Å². The van der Waals surface area contributed by atoms with E-state index in [1.165, 1.54) is 12.8 Å². The van der Waals surface area contributed by atoms with Crippen molar-refractivity contribution in [1.82, 2.24) is 24.9 Å². The van der Waals surface area contributed by atoms with Crippen LogP contribution < -0.4 is 5.32 Å². The Kier molecular flexibility index (Phi) is 2.10. The van der Waals surface area contributed by atoms with E-state index in [-0.39, 0.29) is 0 Å². The topological polar surface area (TPSA) is 55.1 Å². The van der Waals surface area contributed by atoms with Crippen LogP contribution in [0.1, 0.15) is 18.7 Å². The van der Waals surface area contributed by atoms with E-state index >= 15 is 0 Å². The fourth-order valence-electron chi connectivity index (χ4n) is 1.63. The molecule has 0 aromatic carbocycles. The van der Waals surface area contributed by atoms with Crippen LogP contribution >= 0.6 is 0 Å². The zero-order valence-electron chi connectivity index (χ0n) is 8.43. The third kappa shape index (κ3) is 1.83. The van der Waals surface area contributed by atoms with Gasteiger partial charge in [-0.2, -0.15) is 0 Å². The van der Waals surface area contributed by atoms with Crippen molar-refractivity contribution in [2.45, 2.75) is 19.4 Å². The molecule has 5 heteroatoms. The molecule has 78 valence electrons. The zero-order valence-corrected chi connectivity index (χ0v) is 8.43.